The van der Waals surface area contributed by atoms with Gasteiger partial charge in [-0.15, -0.1) is 11.3 Å². The highest BCUT2D eigenvalue weighted by molar-refractivity contribution is 7.89. The third-order valence-electron chi connectivity index (χ3n) is 6.27. The van der Waals surface area contributed by atoms with Crippen LogP contribution in [0.2, 0.25) is 0 Å². The molecule has 1 aromatic heterocycles. The van der Waals surface area contributed by atoms with Crippen LogP contribution >= 0.6 is 11.3 Å². The fourth-order valence-electron chi connectivity index (χ4n) is 4.42. The van der Waals surface area contributed by atoms with Crippen LogP contribution in [-0.4, -0.2) is 43.2 Å². The summed E-state index contributed by atoms with van der Waals surface area (Å²) in [4.78, 5) is 16.0. The van der Waals surface area contributed by atoms with Crippen LogP contribution in [0, 0.1) is 0 Å². The molecule has 5 nitrogen and oxygen atoms in total. The Hall–Kier alpha value is -2.69. The zero-order valence-electron chi connectivity index (χ0n) is 19.7. The maximum absolute atomic E-state index is 13.6. The number of carbonyl (C=O) groups excluding carboxylic acids is 1. The molecule has 1 atom stereocenters. The fourth-order valence-corrected chi connectivity index (χ4v) is 6.80. The SMILES string of the molecule is CCCCN(CC(=O)N1CCc2sccc2C1c1ccccc1)S(=O)(=O)c1cccc(C(F)(F)F)c1. The van der Waals surface area contributed by atoms with Crippen molar-refractivity contribution in [2.24, 2.45) is 0 Å². The van der Waals surface area contributed by atoms with E-state index in [0.29, 0.717) is 31.9 Å². The lowest BCUT2D eigenvalue weighted by atomic mass is 9.93. The molecular formula is C26H27F3N2O3S2. The maximum atomic E-state index is 13.6. The van der Waals surface area contributed by atoms with Gasteiger partial charge in [0.1, 0.15) is 0 Å². The largest absolute Gasteiger partial charge is 0.416 e. The van der Waals surface area contributed by atoms with E-state index in [4.69, 9.17) is 0 Å². The Balaban J connectivity index is 1.65. The predicted molar refractivity (Wildman–Crippen MR) is 133 cm³/mol. The molecule has 1 aliphatic heterocycles. The summed E-state index contributed by atoms with van der Waals surface area (Å²) in [5.41, 5.74) is 0.896. The van der Waals surface area contributed by atoms with Crippen LogP contribution in [0.3, 0.4) is 0 Å². The first-order chi connectivity index (χ1) is 17.1. The van der Waals surface area contributed by atoms with E-state index in [1.165, 1.54) is 4.88 Å². The van der Waals surface area contributed by atoms with Crippen molar-refractivity contribution in [2.45, 2.75) is 43.3 Å². The molecule has 0 spiro atoms. The summed E-state index contributed by atoms with van der Waals surface area (Å²) in [7, 11) is -4.33. The number of rotatable bonds is 8. The minimum Gasteiger partial charge on any atom is -0.330 e. The standard InChI is InChI=1S/C26H27F3N2O3S2/c1-2-3-14-30(36(33,34)21-11-7-10-20(17-21)26(27,28)29)18-24(32)31-15-12-23-22(13-16-35-23)25(31)19-8-5-4-6-9-19/h4-11,13,16-17,25H,2-3,12,14-15,18H2,1H3. The van der Waals surface area contributed by atoms with E-state index in [-0.39, 0.29) is 18.5 Å². The highest BCUT2D eigenvalue weighted by Gasteiger charge is 2.36. The van der Waals surface area contributed by atoms with Crippen molar-refractivity contribution in [3.8, 4) is 0 Å². The van der Waals surface area contributed by atoms with E-state index in [0.717, 1.165) is 33.6 Å². The lowest BCUT2D eigenvalue weighted by molar-refractivity contribution is -0.137. The molecular weight excluding hydrogens is 509 g/mol. The Morgan fingerprint density at radius 3 is 2.56 bits per heavy atom. The summed E-state index contributed by atoms with van der Waals surface area (Å²) < 4.78 is 67.6. The van der Waals surface area contributed by atoms with Crippen molar-refractivity contribution in [3.05, 3.63) is 87.6 Å². The monoisotopic (exact) mass is 536 g/mol. The van der Waals surface area contributed by atoms with Gasteiger partial charge in [0.05, 0.1) is 23.0 Å². The molecule has 0 N–H and O–H groups in total. The molecule has 1 aliphatic rings. The smallest absolute Gasteiger partial charge is 0.330 e. The van der Waals surface area contributed by atoms with Crippen LogP contribution in [0.1, 0.15) is 47.4 Å². The van der Waals surface area contributed by atoms with Crippen LogP contribution < -0.4 is 0 Å². The molecule has 10 heteroatoms. The highest BCUT2D eigenvalue weighted by atomic mass is 32.2. The first-order valence-corrected chi connectivity index (χ1v) is 14.0. The molecule has 4 rings (SSSR count). The van der Waals surface area contributed by atoms with Crippen LogP contribution in [0.5, 0.6) is 0 Å². The van der Waals surface area contributed by atoms with Gasteiger partial charge in [-0.25, -0.2) is 8.42 Å². The molecule has 0 fully saturated rings. The third-order valence-corrected chi connectivity index (χ3v) is 9.11. The highest BCUT2D eigenvalue weighted by Crippen LogP contribution is 2.38. The van der Waals surface area contributed by atoms with Gasteiger partial charge in [-0.2, -0.15) is 17.5 Å². The number of benzene rings is 2. The van der Waals surface area contributed by atoms with E-state index in [1.807, 2.05) is 48.7 Å². The van der Waals surface area contributed by atoms with Crippen LogP contribution in [-0.2, 0) is 27.4 Å². The number of hydrogen-bond acceptors (Lipinski definition) is 4. The quantitative estimate of drug-likeness (QED) is 0.369. The maximum Gasteiger partial charge on any atom is 0.416 e. The van der Waals surface area contributed by atoms with Crippen molar-refractivity contribution >= 4 is 27.3 Å². The predicted octanol–water partition coefficient (Wildman–Crippen LogP) is 5.73. The first kappa shape index (κ1) is 26.4. The molecule has 1 unspecified atom stereocenters. The lowest BCUT2D eigenvalue weighted by Gasteiger charge is -2.37. The number of amides is 1. The van der Waals surface area contributed by atoms with Gasteiger partial charge in [-0.05, 0) is 53.6 Å². The number of sulfonamides is 1. The van der Waals surface area contributed by atoms with E-state index in [1.54, 1.807) is 16.2 Å². The van der Waals surface area contributed by atoms with E-state index < -0.39 is 33.2 Å². The number of carbonyl (C=O) groups is 1. The van der Waals surface area contributed by atoms with Crippen molar-refractivity contribution in [3.63, 3.8) is 0 Å². The second-order valence-electron chi connectivity index (χ2n) is 8.67. The summed E-state index contributed by atoms with van der Waals surface area (Å²) in [6.07, 6.45) is -2.87. The van der Waals surface area contributed by atoms with Gasteiger partial charge < -0.3 is 4.90 Å². The minimum absolute atomic E-state index is 0.0361. The molecule has 1 amide bonds. The summed E-state index contributed by atoms with van der Waals surface area (Å²) in [6.45, 7) is 1.90. The third kappa shape index (κ3) is 5.50. The lowest BCUT2D eigenvalue weighted by Crippen LogP contribution is -2.47. The Kier molecular flexibility index (Phi) is 7.87. The van der Waals surface area contributed by atoms with E-state index >= 15 is 0 Å². The molecule has 0 aliphatic carbocycles. The molecule has 0 bridgehead atoms. The zero-order chi connectivity index (χ0) is 25.9. The topological polar surface area (TPSA) is 57.7 Å². The van der Waals surface area contributed by atoms with Gasteiger partial charge >= 0.3 is 6.18 Å². The average Bonchev–Trinajstić information content (AvgIpc) is 3.35. The van der Waals surface area contributed by atoms with Crippen molar-refractivity contribution < 1.29 is 26.4 Å². The van der Waals surface area contributed by atoms with Crippen LogP contribution in [0.25, 0.3) is 0 Å². The van der Waals surface area contributed by atoms with Crippen LogP contribution in [0.15, 0.2) is 70.9 Å². The molecule has 0 radical (unpaired) electrons. The number of alkyl halides is 3. The number of hydrogen-bond donors (Lipinski definition) is 0. The summed E-state index contributed by atoms with van der Waals surface area (Å²) in [6, 6.07) is 14.9. The van der Waals surface area contributed by atoms with Gasteiger partial charge in [0.25, 0.3) is 0 Å². The van der Waals surface area contributed by atoms with Crippen molar-refractivity contribution in [1.82, 2.24) is 9.21 Å². The summed E-state index contributed by atoms with van der Waals surface area (Å²) >= 11 is 1.63. The molecule has 0 saturated carbocycles. The average molecular weight is 537 g/mol. The number of thiophene rings is 1. The number of unbranched alkanes of at least 4 members (excludes halogenated alkanes) is 1. The van der Waals surface area contributed by atoms with Gasteiger partial charge in [-0.1, -0.05) is 49.7 Å². The number of halogens is 3. The first-order valence-electron chi connectivity index (χ1n) is 11.7. The molecule has 36 heavy (non-hydrogen) atoms. The van der Waals surface area contributed by atoms with Crippen molar-refractivity contribution in [2.75, 3.05) is 19.6 Å². The molecule has 192 valence electrons. The van der Waals surface area contributed by atoms with E-state index in [2.05, 4.69) is 0 Å². The summed E-state index contributed by atoms with van der Waals surface area (Å²) in [5.74, 6) is -0.382. The Morgan fingerprint density at radius 2 is 1.86 bits per heavy atom. The Labute approximate surface area is 213 Å². The molecule has 2 heterocycles. The normalized spacial score (nSPS) is 16.2. The second kappa shape index (κ2) is 10.7. The second-order valence-corrected chi connectivity index (χ2v) is 11.6. The van der Waals surface area contributed by atoms with Gasteiger partial charge in [0.15, 0.2) is 0 Å². The van der Waals surface area contributed by atoms with Crippen LogP contribution in [0.4, 0.5) is 13.2 Å². The van der Waals surface area contributed by atoms with Gasteiger partial charge in [0.2, 0.25) is 15.9 Å². The Morgan fingerprint density at radius 1 is 1.11 bits per heavy atom. The number of fused-ring (bicyclic) bond motifs is 1. The zero-order valence-corrected chi connectivity index (χ0v) is 21.4. The van der Waals surface area contributed by atoms with Gasteiger partial charge in [0, 0.05) is 18.0 Å². The number of nitrogens with zero attached hydrogens (tertiary/aromatic N) is 2. The minimum atomic E-state index is -4.68. The Bertz CT molecular complexity index is 1310. The van der Waals surface area contributed by atoms with E-state index in [9.17, 15) is 26.4 Å². The molecule has 2 aromatic carbocycles. The van der Waals surface area contributed by atoms with Gasteiger partial charge in [-0.3, -0.25) is 4.79 Å². The summed E-state index contributed by atoms with van der Waals surface area (Å²) in [5, 5.41) is 1.99. The van der Waals surface area contributed by atoms with Crippen molar-refractivity contribution in [1.29, 1.82) is 0 Å². The molecule has 3 aromatic rings. The fraction of sp³-hybridized carbons (Fsp3) is 0.346. The molecule has 0 saturated heterocycles.